The Hall–Kier alpha value is -6.18. The lowest BCUT2D eigenvalue weighted by Crippen LogP contribution is -2.43. The molecule has 14 nitrogen and oxygen atoms in total. The molecule has 0 radical (unpaired) electrons. The number of imide groups is 2. The molecule has 0 spiro atoms. The van der Waals surface area contributed by atoms with Crippen LogP contribution in [-0.4, -0.2) is 68.2 Å². The molecule has 3 fully saturated rings. The first-order chi connectivity index (χ1) is 23.3. The number of fused-ring (bicyclic) bond motifs is 4. The minimum absolute atomic E-state index is 0.0186. The van der Waals surface area contributed by atoms with E-state index >= 15 is 0 Å². The Morgan fingerprint density at radius 1 is 0.714 bits per heavy atom. The Bertz CT molecular complexity index is 2050. The maximum atomic E-state index is 14.3. The van der Waals surface area contributed by atoms with Crippen LogP contribution in [0.2, 0.25) is 0 Å². The van der Waals surface area contributed by atoms with Gasteiger partial charge in [0.15, 0.2) is 11.5 Å². The number of phenolic OH excluding ortho intramolecular Hbond substituents is 1. The summed E-state index contributed by atoms with van der Waals surface area (Å²) >= 11 is 0. The van der Waals surface area contributed by atoms with E-state index < -0.39 is 93.7 Å². The minimum Gasteiger partial charge on any atom is -0.507 e. The average Bonchev–Trinajstić information content (AvgIpc) is 3.47. The summed E-state index contributed by atoms with van der Waals surface area (Å²) in [5.74, 6) is -12.4. The second kappa shape index (κ2) is 11.2. The average molecular weight is 669 g/mol. The zero-order valence-electron chi connectivity index (χ0n) is 25.6. The third-order valence-electron chi connectivity index (χ3n) is 10.2. The zero-order valence-corrected chi connectivity index (χ0v) is 25.6. The van der Waals surface area contributed by atoms with Crippen LogP contribution in [0, 0.1) is 29.6 Å². The van der Waals surface area contributed by atoms with E-state index in [9.17, 15) is 54.3 Å². The van der Waals surface area contributed by atoms with Crippen molar-refractivity contribution in [2.24, 2.45) is 29.6 Å². The number of anilines is 2. The molecule has 2 saturated heterocycles. The Morgan fingerprint density at radius 2 is 1.27 bits per heavy atom. The van der Waals surface area contributed by atoms with Crippen molar-refractivity contribution >= 4 is 46.9 Å². The standard InChI is InChI=1S/C35H28N2O12/c1-49-25-4-2-3-19(29(25)40)26-16-9-10-20-27(32(43)36(30(20)41)14-5-7-17(34(45)46)23(38)11-14)21(16)13-22-28(26)33(44)37(31(22)42)15-6-8-18(35(47)48)24(39)12-15/h2-9,11-12,20-22,26-28,38-40H,10,13H2,1H3,(H,45,46)(H,47,48). The highest BCUT2D eigenvalue weighted by Gasteiger charge is 2.62. The van der Waals surface area contributed by atoms with Crippen molar-refractivity contribution in [3.63, 3.8) is 0 Å². The normalized spacial score (nSPS) is 25.9. The van der Waals surface area contributed by atoms with Gasteiger partial charge in [-0.25, -0.2) is 19.4 Å². The number of carbonyl (C=O) groups excluding carboxylic acids is 4. The molecule has 7 rings (SSSR count). The number of aromatic carboxylic acids is 2. The predicted octanol–water partition coefficient (Wildman–Crippen LogP) is 3.25. The van der Waals surface area contributed by atoms with Crippen LogP contribution in [-0.2, 0) is 19.2 Å². The van der Waals surface area contributed by atoms with E-state index in [0.29, 0.717) is 5.57 Å². The van der Waals surface area contributed by atoms with Crippen molar-refractivity contribution in [1.82, 2.24) is 0 Å². The van der Waals surface area contributed by atoms with E-state index in [-0.39, 0.29) is 41.3 Å². The third-order valence-corrected chi connectivity index (χ3v) is 10.2. The van der Waals surface area contributed by atoms with Crippen molar-refractivity contribution in [3.8, 4) is 23.0 Å². The summed E-state index contributed by atoms with van der Waals surface area (Å²) in [4.78, 5) is 81.1. The maximum absolute atomic E-state index is 14.3. The number of carboxylic acids is 2. The van der Waals surface area contributed by atoms with Gasteiger partial charge in [0.1, 0.15) is 22.6 Å². The quantitative estimate of drug-likeness (QED) is 0.189. The number of carbonyl (C=O) groups is 6. The molecule has 1 saturated carbocycles. The van der Waals surface area contributed by atoms with E-state index in [2.05, 4.69) is 0 Å². The van der Waals surface area contributed by atoms with Gasteiger partial charge in [-0.15, -0.1) is 0 Å². The highest BCUT2D eigenvalue weighted by Crippen LogP contribution is 2.60. The van der Waals surface area contributed by atoms with Gasteiger partial charge in [0.25, 0.3) is 0 Å². The topological polar surface area (TPSA) is 219 Å². The summed E-state index contributed by atoms with van der Waals surface area (Å²) in [6, 6.07) is 11.4. The fraction of sp³-hybridized carbons (Fsp3) is 0.257. The van der Waals surface area contributed by atoms with Crippen molar-refractivity contribution in [1.29, 1.82) is 0 Å². The molecule has 6 unspecified atom stereocenters. The lowest BCUT2D eigenvalue weighted by molar-refractivity contribution is -0.126. The van der Waals surface area contributed by atoms with Crippen LogP contribution in [0.25, 0.3) is 0 Å². The summed E-state index contributed by atoms with van der Waals surface area (Å²) in [6.07, 6.45) is 1.83. The fourth-order valence-electron chi connectivity index (χ4n) is 8.08. The molecular weight excluding hydrogens is 640 g/mol. The summed E-state index contributed by atoms with van der Waals surface area (Å²) in [6.45, 7) is 0. The summed E-state index contributed by atoms with van der Waals surface area (Å²) < 4.78 is 5.33. The lowest BCUT2D eigenvalue weighted by Gasteiger charge is -2.44. The van der Waals surface area contributed by atoms with Crippen LogP contribution in [0.1, 0.15) is 45.0 Å². The van der Waals surface area contributed by atoms with Crippen molar-refractivity contribution < 1.29 is 59.0 Å². The van der Waals surface area contributed by atoms with Crippen LogP contribution in [0.3, 0.4) is 0 Å². The zero-order chi connectivity index (χ0) is 35.0. The number of benzene rings is 3. The number of phenols is 3. The van der Waals surface area contributed by atoms with E-state index in [1.807, 2.05) is 0 Å². The lowest BCUT2D eigenvalue weighted by atomic mass is 9.57. The number of carboxylic acid groups (broad SMARTS) is 2. The van der Waals surface area contributed by atoms with Crippen molar-refractivity contribution in [2.45, 2.75) is 18.8 Å². The molecule has 2 aliphatic carbocycles. The van der Waals surface area contributed by atoms with Gasteiger partial charge in [0, 0.05) is 23.6 Å². The fourth-order valence-corrected chi connectivity index (χ4v) is 8.08. The first kappa shape index (κ1) is 31.4. The highest BCUT2D eigenvalue weighted by molar-refractivity contribution is 6.24. The van der Waals surface area contributed by atoms with Crippen molar-refractivity contribution in [2.75, 3.05) is 16.9 Å². The molecule has 0 aromatic heterocycles. The predicted molar refractivity (Wildman–Crippen MR) is 167 cm³/mol. The molecule has 2 heterocycles. The molecule has 49 heavy (non-hydrogen) atoms. The van der Waals surface area contributed by atoms with Gasteiger partial charge in [-0.3, -0.25) is 19.2 Å². The van der Waals surface area contributed by atoms with Crippen LogP contribution in [0.5, 0.6) is 23.0 Å². The molecule has 6 atom stereocenters. The van der Waals surface area contributed by atoms with Gasteiger partial charge in [-0.1, -0.05) is 23.8 Å². The SMILES string of the molecule is COc1cccc(C2C3=CCC4C(=O)N(c5ccc(C(=O)O)c(O)c5)C(=O)C4C3CC3C(=O)N(c4ccc(C(=O)O)c(O)c4)C(=O)C32)c1O. The molecule has 14 heteroatoms. The van der Waals surface area contributed by atoms with Gasteiger partial charge < -0.3 is 30.3 Å². The number of aromatic hydroxyl groups is 3. The van der Waals surface area contributed by atoms with Gasteiger partial charge in [-0.2, -0.15) is 0 Å². The molecule has 2 aliphatic heterocycles. The molecule has 3 aromatic rings. The number of nitrogens with zero attached hydrogens (tertiary/aromatic N) is 2. The smallest absolute Gasteiger partial charge is 0.339 e. The summed E-state index contributed by atoms with van der Waals surface area (Å²) in [5, 5.41) is 50.7. The number of hydrogen-bond donors (Lipinski definition) is 5. The second-order valence-corrected chi connectivity index (χ2v) is 12.5. The summed E-state index contributed by atoms with van der Waals surface area (Å²) in [5.41, 5.74) is -0.0842. The van der Waals surface area contributed by atoms with Crippen LogP contribution < -0.4 is 14.5 Å². The Morgan fingerprint density at radius 3 is 1.80 bits per heavy atom. The van der Waals surface area contributed by atoms with Crippen LogP contribution in [0.4, 0.5) is 11.4 Å². The minimum atomic E-state index is -1.41. The monoisotopic (exact) mass is 668 g/mol. The number of allylic oxidation sites excluding steroid dienone is 2. The Balaban J connectivity index is 1.33. The molecule has 3 aromatic carbocycles. The van der Waals surface area contributed by atoms with Crippen LogP contribution >= 0.6 is 0 Å². The number of amides is 4. The van der Waals surface area contributed by atoms with Crippen LogP contribution in [0.15, 0.2) is 66.2 Å². The number of hydrogen-bond acceptors (Lipinski definition) is 10. The van der Waals surface area contributed by atoms with E-state index in [1.54, 1.807) is 18.2 Å². The largest absolute Gasteiger partial charge is 0.507 e. The first-order valence-corrected chi connectivity index (χ1v) is 15.3. The molecule has 5 N–H and O–H groups in total. The Kier molecular flexibility index (Phi) is 7.19. The third kappa shape index (κ3) is 4.54. The van der Waals surface area contributed by atoms with Crippen molar-refractivity contribution in [3.05, 3.63) is 82.9 Å². The van der Waals surface area contributed by atoms with E-state index in [4.69, 9.17) is 4.74 Å². The molecule has 250 valence electrons. The number of ether oxygens (including phenoxy) is 1. The maximum Gasteiger partial charge on any atom is 0.339 e. The summed E-state index contributed by atoms with van der Waals surface area (Å²) in [7, 11) is 1.35. The Labute approximate surface area is 277 Å². The first-order valence-electron chi connectivity index (χ1n) is 15.3. The number of rotatable bonds is 6. The van der Waals surface area contributed by atoms with Gasteiger partial charge >= 0.3 is 11.9 Å². The second-order valence-electron chi connectivity index (χ2n) is 12.5. The highest BCUT2D eigenvalue weighted by atomic mass is 16.5. The number of para-hydroxylation sites is 1. The molecule has 0 bridgehead atoms. The number of methoxy groups -OCH3 is 1. The van der Waals surface area contributed by atoms with Gasteiger partial charge in [-0.05, 0) is 49.1 Å². The molecule has 4 aliphatic rings. The van der Waals surface area contributed by atoms with Gasteiger partial charge in [0.05, 0.1) is 42.2 Å². The molecular formula is C35H28N2O12. The molecule has 4 amide bonds. The van der Waals surface area contributed by atoms with E-state index in [1.165, 1.54) is 25.3 Å². The van der Waals surface area contributed by atoms with E-state index in [0.717, 1.165) is 34.1 Å². The van der Waals surface area contributed by atoms with Gasteiger partial charge in [0.2, 0.25) is 23.6 Å².